The van der Waals surface area contributed by atoms with Crippen molar-refractivity contribution in [3.05, 3.63) is 144 Å². The highest BCUT2D eigenvalue weighted by molar-refractivity contribution is 6.35. The zero-order valence-corrected chi connectivity index (χ0v) is 34.6. The molecular weight excluding hydrogens is 709 g/mol. The first-order chi connectivity index (χ1) is 28.1. The van der Waals surface area contributed by atoms with E-state index in [1.54, 1.807) is 0 Å². The van der Waals surface area contributed by atoms with E-state index in [1.807, 2.05) is 0 Å². The lowest BCUT2D eigenvalue weighted by Crippen LogP contribution is -2.00. The Labute approximate surface area is 338 Å². The minimum absolute atomic E-state index is 0.387. The van der Waals surface area contributed by atoms with Gasteiger partial charge in [0.25, 0.3) is 0 Å². The third-order valence-corrected chi connectivity index (χ3v) is 12.8. The van der Waals surface area contributed by atoms with Crippen molar-refractivity contribution in [1.29, 1.82) is 0 Å². The van der Waals surface area contributed by atoms with Gasteiger partial charge in [0.1, 0.15) is 11.0 Å². The van der Waals surface area contributed by atoms with Crippen LogP contribution in [0.2, 0.25) is 0 Å². The van der Waals surface area contributed by atoms with Gasteiger partial charge >= 0.3 is 0 Å². The second-order valence-electron chi connectivity index (χ2n) is 17.6. The molecule has 0 saturated carbocycles. The van der Waals surface area contributed by atoms with E-state index in [2.05, 4.69) is 186 Å². The summed E-state index contributed by atoms with van der Waals surface area (Å²) in [6.07, 6.45) is 0. The highest BCUT2D eigenvalue weighted by Gasteiger charge is 2.29. The summed E-state index contributed by atoms with van der Waals surface area (Å²) in [5.74, 6) is 1.55. The molecule has 7 aromatic carbocycles. The molecule has 286 valence electrons. The zero-order chi connectivity index (χ0) is 39.7. The van der Waals surface area contributed by atoms with Crippen LogP contribution in [-0.2, 0) is 0 Å². The summed E-state index contributed by atoms with van der Waals surface area (Å²) in [5.41, 5.74) is 20.6. The largest absolute Gasteiger partial charge is 0.452 e. The molecule has 0 atom stereocenters. The van der Waals surface area contributed by atoms with E-state index in [0.29, 0.717) is 23.7 Å². The standard InChI is InChI=1S/C54H48N2O2/c1-29(2)35-15-13-16-36(30(3)4)47(35)33-23-25-39-43(27-33)55-41-19-9-11-21-45(41)57-54-50-40-26-24-34(48-37(31(5)6)17-14-18-38(48)32(7)8)28-44(40)56-42-20-10-12-22-46(42)58-53(52(50)56)49(39)51(54)55/h9-32H,1-8H3. The molecule has 0 aliphatic carbocycles. The molecule has 58 heavy (non-hydrogen) atoms. The molecule has 11 rings (SSSR count). The predicted molar refractivity (Wildman–Crippen MR) is 245 cm³/mol. The number of rotatable bonds is 6. The van der Waals surface area contributed by atoms with Gasteiger partial charge in [0.15, 0.2) is 22.3 Å². The first-order valence-electron chi connectivity index (χ1n) is 21.1. The maximum atomic E-state index is 7.17. The Morgan fingerprint density at radius 3 is 1.10 bits per heavy atom. The lowest BCUT2D eigenvalue weighted by molar-refractivity contribution is 0.653. The third kappa shape index (κ3) is 4.75. The summed E-state index contributed by atoms with van der Waals surface area (Å²) < 4.78 is 19.2. The van der Waals surface area contributed by atoms with Crippen LogP contribution in [0.5, 0.6) is 0 Å². The Hall–Kier alpha value is -6.26. The predicted octanol–water partition coefficient (Wildman–Crippen LogP) is 16.1. The van der Waals surface area contributed by atoms with Crippen LogP contribution in [0.25, 0.3) is 99.2 Å². The van der Waals surface area contributed by atoms with Crippen molar-refractivity contribution in [3.63, 3.8) is 0 Å². The van der Waals surface area contributed by atoms with Crippen molar-refractivity contribution in [1.82, 2.24) is 8.80 Å². The van der Waals surface area contributed by atoms with Gasteiger partial charge in [0.05, 0.1) is 32.8 Å². The number of nitrogens with zero attached hydrogens (tertiary/aromatic N) is 2. The molecule has 0 N–H and O–H groups in total. The Kier molecular flexibility index (Phi) is 7.60. The number of benzene rings is 7. The van der Waals surface area contributed by atoms with Crippen LogP contribution >= 0.6 is 0 Å². The monoisotopic (exact) mass is 756 g/mol. The lowest BCUT2D eigenvalue weighted by Gasteiger charge is -2.20. The molecule has 4 nitrogen and oxygen atoms in total. The number of fused-ring (bicyclic) bond motifs is 12. The van der Waals surface area contributed by atoms with E-state index in [9.17, 15) is 0 Å². The average Bonchev–Trinajstić information content (AvgIpc) is 3.76. The Morgan fingerprint density at radius 2 is 0.741 bits per heavy atom. The molecule has 0 fully saturated rings. The van der Waals surface area contributed by atoms with Crippen LogP contribution in [0.4, 0.5) is 0 Å². The van der Waals surface area contributed by atoms with Gasteiger partial charge in [-0.15, -0.1) is 0 Å². The molecule has 0 spiro atoms. The SMILES string of the molecule is CC(C)c1cccc(C(C)C)c1-c1ccc2c3c4oc5ccccc5n5c6cc(-c7c(C(C)C)cccc7C(C)C)ccc6c(c6oc7ccccc7n(c2c1)c63)c45. The summed E-state index contributed by atoms with van der Waals surface area (Å²) in [6, 6.07) is 44.8. The van der Waals surface area contributed by atoms with Crippen LogP contribution in [0.1, 0.15) is 101 Å². The van der Waals surface area contributed by atoms with Crippen molar-refractivity contribution in [2.75, 3.05) is 0 Å². The van der Waals surface area contributed by atoms with E-state index < -0.39 is 0 Å². The minimum Gasteiger partial charge on any atom is -0.452 e. The normalized spacial score (nSPS) is 12.8. The fraction of sp³-hybridized carbons (Fsp3) is 0.222. The van der Waals surface area contributed by atoms with Crippen molar-refractivity contribution in [2.24, 2.45) is 0 Å². The first kappa shape index (κ1) is 34.9. The van der Waals surface area contributed by atoms with E-state index in [1.165, 1.54) is 44.5 Å². The maximum Gasteiger partial charge on any atom is 0.162 e. The molecule has 4 heteroatoms. The first-order valence-corrected chi connectivity index (χ1v) is 21.1. The number of para-hydroxylation sites is 4. The van der Waals surface area contributed by atoms with Crippen LogP contribution in [-0.4, -0.2) is 8.80 Å². The van der Waals surface area contributed by atoms with Gasteiger partial charge in [-0.2, -0.15) is 0 Å². The van der Waals surface area contributed by atoms with Gasteiger partial charge in [-0.3, -0.25) is 0 Å². The topological polar surface area (TPSA) is 35.1 Å². The summed E-state index contributed by atoms with van der Waals surface area (Å²) in [4.78, 5) is 0. The molecule has 0 saturated heterocycles. The van der Waals surface area contributed by atoms with Crippen LogP contribution < -0.4 is 0 Å². The van der Waals surface area contributed by atoms with Crippen molar-refractivity contribution in [2.45, 2.75) is 79.1 Å². The number of hydrogen-bond acceptors (Lipinski definition) is 2. The highest BCUT2D eigenvalue weighted by Crippen LogP contribution is 2.49. The van der Waals surface area contributed by atoms with Crippen LogP contribution in [0, 0.1) is 0 Å². The minimum atomic E-state index is 0.387. The summed E-state index contributed by atoms with van der Waals surface area (Å²) >= 11 is 0. The average molecular weight is 757 g/mol. The molecule has 0 aliphatic heterocycles. The zero-order valence-electron chi connectivity index (χ0n) is 34.6. The van der Waals surface area contributed by atoms with Crippen LogP contribution in [0.3, 0.4) is 0 Å². The molecule has 11 aromatic rings. The molecule has 4 aromatic heterocycles. The Morgan fingerprint density at radius 1 is 0.379 bits per heavy atom. The number of aromatic nitrogens is 2. The second kappa shape index (κ2) is 12.6. The summed E-state index contributed by atoms with van der Waals surface area (Å²) in [5, 5.41) is 4.45. The Balaban J connectivity index is 1.34. The van der Waals surface area contributed by atoms with E-state index >= 15 is 0 Å². The quantitative estimate of drug-likeness (QED) is 0.158. The molecule has 0 unspecified atom stereocenters. The van der Waals surface area contributed by atoms with E-state index in [-0.39, 0.29) is 0 Å². The van der Waals surface area contributed by atoms with Gasteiger partial charge in [-0.05, 0) is 105 Å². The fourth-order valence-electron chi connectivity index (χ4n) is 10.2. The van der Waals surface area contributed by atoms with Crippen molar-refractivity contribution < 1.29 is 8.83 Å². The maximum absolute atomic E-state index is 7.17. The highest BCUT2D eigenvalue weighted by atomic mass is 16.3. The van der Waals surface area contributed by atoms with Gasteiger partial charge in [0, 0.05) is 10.8 Å². The van der Waals surface area contributed by atoms with Gasteiger partial charge in [0.2, 0.25) is 0 Å². The van der Waals surface area contributed by atoms with Gasteiger partial charge < -0.3 is 17.6 Å². The summed E-state index contributed by atoms with van der Waals surface area (Å²) in [7, 11) is 0. The van der Waals surface area contributed by atoms with Crippen molar-refractivity contribution in [3.8, 4) is 22.3 Å². The molecule has 0 amide bonds. The van der Waals surface area contributed by atoms with Crippen LogP contribution in [0.15, 0.2) is 130 Å². The van der Waals surface area contributed by atoms with Gasteiger partial charge in [-0.1, -0.05) is 140 Å². The smallest absolute Gasteiger partial charge is 0.162 e. The molecule has 0 radical (unpaired) electrons. The lowest BCUT2D eigenvalue weighted by atomic mass is 9.85. The van der Waals surface area contributed by atoms with Crippen molar-refractivity contribution >= 4 is 77.0 Å². The molecule has 0 aliphatic rings. The molecule has 0 bridgehead atoms. The second-order valence-corrected chi connectivity index (χ2v) is 17.6. The third-order valence-electron chi connectivity index (χ3n) is 12.8. The number of hydrogen-bond donors (Lipinski definition) is 0. The molecular formula is C54H48N2O2. The summed E-state index contributed by atoms with van der Waals surface area (Å²) in [6.45, 7) is 18.4. The van der Waals surface area contributed by atoms with E-state index in [0.717, 1.165) is 77.0 Å². The van der Waals surface area contributed by atoms with E-state index in [4.69, 9.17) is 8.83 Å². The Bertz CT molecular complexity index is 3180. The molecule has 4 heterocycles. The fourth-order valence-corrected chi connectivity index (χ4v) is 10.2. The van der Waals surface area contributed by atoms with Gasteiger partial charge in [-0.25, -0.2) is 0 Å².